The molecule has 1 aromatic carbocycles. The zero-order valence-electron chi connectivity index (χ0n) is 13.7. The number of rotatable bonds is 6. The minimum atomic E-state index is -0.0387. The lowest BCUT2D eigenvalue weighted by Gasteiger charge is -2.09. The average molecular weight is 358 g/mol. The van der Waals surface area contributed by atoms with Crippen LogP contribution < -0.4 is 5.32 Å². The molecule has 0 atom stereocenters. The molecule has 24 heavy (non-hydrogen) atoms. The highest BCUT2D eigenvalue weighted by Gasteiger charge is 2.11. The maximum Gasteiger partial charge on any atom is 0.252 e. The SMILES string of the molecule is CSc1ccccc1C(=O)NCCn1nc(-c2cccs2)cc1C. The molecule has 1 amide bonds. The molecule has 0 radical (unpaired) electrons. The van der Waals surface area contributed by atoms with Gasteiger partial charge in [0.05, 0.1) is 17.0 Å². The first kappa shape index (κ1) is 16.8. The highest BCUT2D eigenvalue weighted by molar-refractivity contribution is 7.98. The summed E-state index contributed by atoms with van der Waals surface area (Å²) in [6, 6.07) is 13.8. The molecule has 0 unspecified atom stereocenters. The van der Waals surface area contributed by atoms with Crippen molar-refractivity contribution in [3.8, 4) is 10.6 Å². The van der Waals surface area contributed by atoms with Crippen LogP contribution in [0.5, 0.6) is 0 Å². The first-order chi connectivity index (χ1) is 11.7. The Morgan fingerprint density at radius 1 is 1.29 bits per heavy atom. The summed E-state index contributed by atoms with van der Waals surface area (Å²) in [6.07, 6.45) is 1.98. The molecule has 6 heteroatoms. The molecule has 0 aliphatic carbocycles. The largest absolute Gasteiger partial charge is 0.350 e. The van der Waals surface area contributed by atoms with E-state index in [4.69, 9.17) is 0 Å². The van der Waals surface area contributed by atoms with E-state index in [0.29, 0.717) is 13.1 Å². The second-order valence-corrected chi connectivity index (χ2v) is 7.12. The van der Waals surface area contributed by atoms with Crippen molar-refractivity contribution in [1.82, 2.24) is 15.1 Å². The number of aromatic nitrogens is 2. The van der Waals surface area contributed by atoms with Crippen molar-refractivity contribution in [3.05, 3.63) is 59.1 Å². The van der Waals surface area contributed by atoms with Gasteiger partial charge in [0.25, 0.3) is 5.91 Å². The summed E-state index contributed by atoms with van der Waals surface area (Å²) in [5.41, 5.74) is 2.81. The number of thioether (sulfide) groups is 1. The summed E-state index contributed by atoms with van der Waals surface area (Å²) in [7, 11) is 0. The van der Waals surface area contributed by atoms with Gasteiger partial charge in [-0.15, -0.1) is 23.1 Å². The highest BCUT2D eigenvalue weighted by Crippen LogP contribution is 2.24. The molecule has 0 aliphatic rings. The van der Waals surface area contributed by atoms with Crippen LogP contribution in [0.2, 0.25) is 0 Å². The van der Waals surface area contributed by atoms with Crippen molar-refractivity contribution < 1.29 is 4.79 Å². The molecule has 0 spiro atoms. The standard InChI is InChI=1S/C18H19N3OS2/c1-13-12-15(17-8-5-11-24-17)20-21(13)10-9-19-18(22)14-6-3-4-7-16(14)23-2/h3-8,11-12H,9-10H2,1-2H3,(H,19,22). The first-order valence-corrected chi connectivity index (χ1v) is 9.79. The molecule has 2 aromatic heterocycles. The van der Waals surface area contributed by atoms with Crippen LogP contribution in [0.4, 0.5) is 0 Å². The van der Waals surface area contributed by atoms with Gasteiger partial charge in [-0.05, 0) is 42.8 Å². The predicted octanol–water partition coefficient (Wildman–Crippen LogP) is 4.07. The molecule has 0 fully saturated rings. The van der Waals surface area contributed by atoms with Gasteiger partial charge in [-0.1, -0.05) is 18.2 Å². The molecular weight excluding hydrogens is 338 g/mol. The van der Waals surface area contributed by atoms with Gasteiger partial charge in [0.15, 0.2) is 0 Å². The van der Waals surface area contributed by atoms with Crippen molar-refractivity contribution in [2.75, 3.05) is 12.8 Å². The third-order valence-corrected chi connectivity index (χ3v) is 5.40. The summed E-state index contributed by atoms with van der Waals surface area (Å²) >= 11 is 3.26. The van der Waals surface area contributed by atoms with Crippen LogP contribution in [0.3, 0.4) is 0 Å². The van der Waals surface area contributed by atoms with Gasteiger partial charge in [0.1, 0.15) is 5.69 Å². The van der Waals surface area contributed by atoms with Crippen LogP contribution in [0.1, 0.15) is 16.1 Å². The number of amides is 1. The maximum absolute atomic E-state index is 12.3. The summed E-state index contributed by atoms with van der Waals surface area (Å²) in [4.78, 5) is 14.5. The molecule has 0 aliphatic heterocycles. The van der Waals surface area contributed by atoms with Crippen molar-refractivity contribution >= 4 is 29.0 Å². The number of carbonyl (C=O) groups excluding carboxylic acids is 1. The fraction of sp³-hybridized carbons (Fsp3) is 0.222. The lowest BCUT2D eigenvalue weighted by molar-refractivity contribution is 0.0949. The Hall–Kier alpha value is -2.05. The van der Waals surface area contributed by atoms with Crippen LogP contribution in [0.15, 0.2) is 52.7 Å². The molecule has 0 bridgehead atoms. The summed E-state index contributed by atoms with van der Waals surface area (Å²) in [6.45, 7) is 3.24. The number of thiophene rings is 1. The monoisotopic (exact) mass is 357 g/mol. The van der Waals surface area contributed by atoms with Crippen LogP contribution in [0.25, 0.3) is 10.6 Å². The quantitative estimate of drug-likeness (QED) is 0.677. The predicted molar refractivity (Wildman–Crippen MR) is 101 cm³/mol. The van der Waals surface area contributed by atoms with Crippen molar-refractivity contribution in [2.45, 2.75) is 18.4 Å². The molecule has 124 valence electrons. The van der Waals surface area contributed by atoms with E-state index in [1.54, 1.807) is 23.1 Å². The Morgan fingerprint density at radius 3 is 2.88 bits per heavy atom. The summed E-state index contributed by atoms with van der Waals surface area (Å²) in [5, 5.41) is 9.66. The zero-order chi connectivity index (χ0) is 16.9. The van der Waals surface area contributed by atoms with E-state index in [1.165, 1.54) is 0 Å². The van der Waals surface area contributed by atoms with E-state index in [9.17, 15) is 4.79 Å². The Balaban J connectivity index is 1.61. The Labute approximate surface area is 149 Å². The van der Waals surface area contributed by atoms with Gasteiger partial charge >= 0.3 is 0 Å². The van der Waals surface area contributed by atoms with Crippen molar-refractivity contribution in [1.29, 1.82) is 0 Å². The van der Waals surface area contributed by atoms with E-state index in [1.807, 2.05) is 53.6 Å². The third kappa shape index (κ3) is 3.71. The third-order valence-electron chi connectivity index (χ3n) is 3.72. The molecular formula is C18H19N3OS2. The summed E-state index contributed by atoms with van der Waals surface area (Å²) < 4.78 is 1.94. The second-order valence-electron chi connectivity index (χ2n) is 5.33. The average Bonchev–Trinajstić information content (AvgIpc) is 3.25. The van der Waals surface area contributed by atoms with E-state index < -0.39 is 0 Å². The van der Waals surface area contributed by atoms with Gasteiger partial charge in [0, 0.05) is 17.1 Å². The second kappa shape index (κ2) is 7.68. The Morgan fingerprint density at radius 2 is 2.12 bits per heavy atom. The highest BCUT2D eigenvalue weighted by atomic mass is 32.2. The number of nitrogens with one attached hydrogen (secondary N) is 1. The summed E-state index contributed by atoms with van der Waals surface area (Å²) in [5.74, 6) is -0.0387. The van der Waals surface area contributed by atoms with Gasteiger partial charge in [-0.3, -0.25) is 9.48 Å². The van der Waals surface area contributed by atoms with Crippen LogP contribution in [0, 0.1) is 6.92 Å². The fourth-order valence-electron chi connectivity index (χ4n) is 2.48. The lowest BCUT2D eigenvalue weighted by Crippen LogP contribution is -2.28. The normalized spacial score (nSPS) is 10.8. The molecule has 4 nitrogen and oxygen atoms in total. The molecule has 3 rings (SSSR count). The molecule has 3 aromatic rings. The molecule has 0 saturated heterocycles. The molecule has 2 heterocycles. The Bertz CT molecular complexity index is 825. The van der Waals surface area contributed by atoms with Gasteiger partial charge in [-0.25, -0.2) is 0 Å². The number of aryl methyl sites for hydroxylation is 1. The van der Waals surface area contributed by atoms with Gasteiger partial charge in [0.2, 0.25) is 0 Å². The first-order valence-electron chi connectivity index (χ1n) is 7.68. The topological polar surface area (TPSA) is 46.9 Å². The maximum atomic E-state index is 12.3. The fourth-order valence-corrected chi connectivity index (χ4v) is 3.76. The van der Waals surface area contributed by atoms with Crippen molar-refractivity contribution in [2.24, 2.45) is 0 Å². The van der Waals surface area contributed by atoms with E-state index in [-0.39, 0.29) is 5.91 Å². The smallest absolute Gasteiger partial charge is 0.252 e. The van der Waals surface area contributed by atoms with Gasteiger partial charge < -0.3 is 5.32 Å². The van der Waals surface area contributed by atoms with Crippen LogP contribution in [-0.4, -0.2) is 28.5 Å². The number of nitrogens with zero attached hydrogens (tertiary/aromatic N) is 2. The number of hydrogen-bond donors (Lipinski definition) is 1. The van der Waals surface area contributed by atoms with E-state index in [2.05, 4.69) is 22.5 Å². The minimum absolute atomic E-state index is 0.0387. The van der Waals surface area contributed by atoms with Crippen molar-refractivity contribution in [3.63, 3.8) is 0 Å². The zero-order valence-corrected chi connectivity index (χ0v) is 15.3. The minimum Gasteiger partial charge on any atom is -0.350 e. The molecule has 0 saturated carbocycles. The Kier molecular flexibility index (Phi) is 5.37. The van der Waals surface area contributed by atoms with Crippen LogP contribution >= 0.6 is 23.1 Å². The van der Waals surface area contributed by atoms with Crippen LogP contribution in [-0.2, 0) is 6.54 Å². The molecule has 1 N–H and O–H groups in total. The number of hydrogen-bond acceptors (Lipinski definition) is 4. The lowest BCUT2D eigenvalue weighted by atomic mass is 10.2. The number of benzene rings is 1. The number of carbonyl (C=O) groups is 1. The van der Waals surface area contributed by atoms with E-state index in [0.717, 1.165) is 26.7 Å². The van der Waals surface area contributed by atoms with Gasteiger partial charge in [-0.2, -0.15) is 5.10 Å². The van der Waals surface area contributed by atoms with E-state index >= 15 is 0 Å².